The van der Waals surface area contributed by atoms with Crippen LogP contribution in [0.3, 0.4) is 0 Å². The molecule has 1 atom stereocenters. The number of nitrogens with one attached hydrogen (secondary N) is 1. The molecule has 2 rings (SSSR count). The lowest BCUT2D eigenvalue weighted by molar-refractivity contribution is 0.482. The van der Waals surface area contributed by atoms with Crippen LogP contribution >= 0.6 is 22.6 Å². The van der Waals surface area contributed by atoms with Crippen LogP contribution in [0.1, 0.15) is 6.92 Å². The summed E-state index contributed by atoms with van der Waals surface area (Å²) in [5, 5.41) is 3.42. The Morgan fingerprint density at radius 1 is 1.64 bits per heavy atom. The van der Waals surface area contributed by atoms with Gasteiger partial charge in [0, 0.05) is 35.4 Å². The van der Waals surface area contributed by atoms with Crippen LogP contribution in [0.5, 0.6) is 0 Å². The summed E-state index contributed by atoms with van der Waals surface area (Å²) < 4.78 is 1.25. The van der Waals surface area contributed by atoms with Crippen molar-refractivity contribution in [1.29, 1.82) is 0 Å². The molecule has 1 aromatic heterocycles. The van der Waals surface area contributed by atoms with Crippen molar-refractivity contribution in [2.45, 2.75) is 13.0 Å². The molecule has 0 unspecified atom stereocenters. The summed E-state index contributed by atoms with van der Waals surface area (Å²) in [6, 6.07) is 4.72. The van der Waals surface area contributed by atoms with Crippen molar-refractivity contribution < 1.29 is 0 Å². The number of nitrogens with zero attached hydrogens (tertiary/aromatic N) is 2. The number of aromatic nitrogens is 1. The fourth-order valence-corrected chi connectivity index (χ4v) is 2.15. The minimum atomic E-state index is 0.559. The molecule has 2 heterocycles. The standard InChI is InChI=1S/C10H14IN3/c1-8-7-14(5-4-12-8)10-6-9(11)2-3-13-10/h2-3,6,8,12H,4-5,7H2,1H3/t8-/m0/s1. The van der Waals surface area contributed by atoms with Crippen LogP contribution in [0.2, 0.25) is 0 Å². The molecule has 0 aliphatic carbocycles. The quantitative estimate of drug-likeness (QED) is 0.797. The van der Waals surface area contributed by atoms with Gasteiger partial charge in [0.15, 0.2) is 0 Å². The first-order chi connectivity index (χ1) is 6.75. The monoisotopic (exact) mass is 303 g/mol. The van der Waals surface area contributed by atoms with E-state index in [1.807, 2.05) is 12.3 Å². The largest absolute Gasteiger partial charge is 0.354 e. The summed E-state index contributed by atoms with van der Waals surface area (Å²) in [6.07, 6.45) is 1.88. The molecule has 1 aliphatic rings. The van der Waals surface area contributed by atoms with Crippen LogP contribution in [0.25, 0.3) is 0 Å². The smallest absolute Gasteiger partial charge is 0.129 e. The van der Waals surface area contributed by atoms with Gasteiger partial charge in [-0.25, -0.2) is 4.98 Å². The molecular formula is C10H14IN3. The lowest BCUT2D eigenvalue weighted by Gasteiger charge is -2.32. The van der Waals surface area contributed by atoms with Gasteiger partial charge in [0.2, 0.25) is 0 Å². The molecule has 14 heavy (non-hydrogen) atoms. The molecule has 1 saturated heterocycles. The topological polar surface area (TPSA) is 28.2 Å². The van der Waals surface area contributed by atoms with E-state index in [1.54, 1.807) is 0 Å². The lowest BCUT2D eigenvalue weighted by atomic mass is 10.2. The highest BCUT2D eigenvalue weighted by Gasteiger charge is 2.16. The van der Waals surface area contributed by atoms with Gasteiger partial charge < -0.3 is 10.2 Å². The van der Waals surface area contributed by atoms with Crippen molar-refractivity contribution in [3.63, 3.8) is 0 Å². The zero-order chi connectivity index (χ0) is 9.97. The summed E-state index contributed by atoms with van der Waals surface area (Å²) in [5.74, 6) is 1.10. The molecular weight excluding hydrogens is 289 g/mol. The van der Waals surface area contributed by atoms with Crippen molar-refractivity contribution in [2.75, 3.05) is 24.5 Å². The first-order valence-corrected chi connectivity index (χ1v) is 5.93. The normalized spacial score (nSPS) is 22.4. The Balaban J connectivity index is 2.14. The number of halogens is 1. The fourth-order valence-electron chi connectivity index (χ4n) is 1.71. The van der Waals surface area contributed by atoms with Crippen LogP contribution in [0, 0.1) is 3.57 Å². The van der Waals surface area contributed by atoms with Gasteiger partial charge >= 0.3 is 0 Å². The van der Waals surface area contributed by atoms with Crippen molar-refractivity contribution in [3.05, 3.63) is 21.9 Å². The van der Waals surface area contributed by atoms with Crippen LogP contribution in [-0.4, -0.2) is 30.7 Å². The van der Waals surface area contributed by atoms with E-state index in [-0.39, 0.29) is 0 Å². The molecule has 0 bridgehead atoms. The highest BCUT2D eigenvalue weighted by molar-refractivity contribution is 14.1. The maximum atomic E-state index is 4.39. The molecule has 0 saturated carbocycles. The first kappa shape index (κ1) is 10.2. The summed E-state index contributed by atoms with van der Waals surface area (Å²) in [7, 11) is 0. The van der Waals surface area contributed by atoms with E-state index in [2.05, 4.69) is 50.8 Å². The van der Waals surface area contributed by atoms with Crippen LogP contribution < -0.4 is 10.2 Å². The average Bonchev–Trinajstić information content (AvgIpc) is 2.18. The van der Waals surface area contributed by atoms with Gasteiger partial charge in [-0.15, -0.1) is 0 Å². The molecule has 1 aromatic rings. The molecule has 4 heteroatoms. The Kier molecular flexibility index (Phi) is 3.22. The second-order valence-electron chi connectivity index (χ2n) is 3.63. The molecule has 1 fully saturated rings. The molecule has 0 amide bonds. The average molecular weight is 303 g/mol. The highest BCUT2D eigenvalue weighted by atomic mass is 127. The van der Waals surface area contributed by atoms with Gasteiger partial charge in [-0.2, -0.15) is 0 Å². The van der Waals surface area contributed by atoms with Crippen LogP contribution in [0.4, 0.5) is 5.82 Å². The van der Waals surface area contributed by atoms with Crippen molar-refractivity contribution in [1.82, 2.24) is 10.3 Å². The molecule has 3 nitrogen and oxygen atoms in total. The fraction of sp³-hybridized carbons (Fsp3) is 0.500. The van der Waals surface area contributed by atoms with E-state index in [4.69, 9.17) is 0 Å². The van der Waals surface area contributed by atoms with E-state index in [9.17, 15) is 0 Å². The van der Waals surface area contributed by atoms with Gasteiger partial charge in [0.05, 0.1) is 0 Å². The summed E-state index contributed by atoms with van der Waals surface area (Å²) in [6.45, 7) is 5.36. The molecule has 0 radical (unpaired) electrons. The lowest BCUT2D eigenvalue weighted by Crippen LogP contribution is -2.49. The number of pyridine rings is 1. The third kappa shape index (κ3) is 2.36. The van der Waals surface area contributed by atoms with E-state index in [0.29, 0.717) is 6.04 Å². The molecule has 1 N–H and O–H groups in total. The maximum absolute atomic E-state index is 4.39. The maximum Gasteiger partial charge on any atom is 0.129 e. The zero-order valence-corrected chi connectivity index (χ0v) is 10.4. The third-order valence-corrected chi connectivity index (χ3v) is 3.07. The minimum Gasteiger partial charge on any atom is -0.354 e. The summed E-state index contributed by atoms with van der Waals surface area (Å²) in [4.78, 5) is 6.73. The number of piperazine rings is 1. The molecule has 0 spiro atoms. The van der Waals surface area contributed by atoms with Gasteiger partial charge in [0.25, 0.3) is 0 Å². The third-order valence-electron chi connectivity index (χ3n) is 2.40. The van der Waals surface area contributed by atoms with Gasteiger partial charge in [-0.05, 0) is 41.6 Å². The Morgan fingerprint density at radius 2 is 2.50 bits per heavy atom. The number of anilines is 1. The number of hydrogen-bond donors (Lipinski definition) is 1. The SMILES string of the molecule is C[C@H]1CN(c2cc(I)ccn2)CCN1. The van der Waals surface area contributed by atoms with E-state index in [1.165, 1.54) is 3.57 Å². The van der Waals surface area contributed by atoms with Crippen LogP contribution in [-0.2, 0) is 0 Å². The highest BCUT2D eigenvalue weighted by Crippen LogP contribution is 2.15. The molecule has 76 valence electrons. The number of rotatable bonds is 1. The van der Waals surface area contributed by atoms with Gasteiger partial charge in [-0.1, -0.05) is 0 Å². The van der Waals surface area contributed by atoms with Crippen molar-refractivity contribution >= 4 is 28.4 Å². The summed E-state index contributed by atoms with van der Waals surface area (Å²) >= 11 is 2.32. The number of hydrogen-bond acceptors (Lipinski definition) is 3. The Bertz CT molecular complexity index is 316. The van der Waals surface area contributed by atoms with Crippen molar-refractivity contribution in [2.24, 2.45) is 0 Å². The van der Waals surface area contributed by atoms with E-state index >= 15 is 0 Å². The second kappa shape index (κ2) is 4.44. The van der Waals surface area contributed by atoms with E-state index < -0.39 is 0 Å². The molecule has 0 aromatic carbocycles. The summed E-state index contributed by atoms with van der Waals surface area (Å²) in [5.41, 5.74) is 0. The Hall–Kier alpha value is -0.360. The minimum absolute atomic E-state index is 0.559. The van der Waals surface area contributed by atoms with Crippen molar-refractivity contribution in [3.8, 4) is 0 Å². The predicted molar refractivity (Wildman–Crippen MR) is 66.6 cm³/mol. The second-order valence-corrected chi connectivity index (χ2v) is 4.88. The van der Waals surface area contributed by atoms with Gasteiger partial charge in [-0.3, -0.25) is 0 Å². The zero-order valence-electron chi connectivity index (χ0n) is 8.20. The Labute approximate surface area is 98.0 Å². The predicted octanol–water partition coefficient (Wildman–Crippen LogP) is 1.48. The first-order valence-electron chi connectivity index (χ1n) is 4.85. The molecule has 1 aliphatic heterocycles. The van der Waals surface area contributed by atoms with Gasteiger partial charge in [0.1, 0.15) is 5.82 Å². The van der Waals surface area contributed by atoms with Crippen LogP contribution in [0.15, 0.2) is 18.3 Å². The Morgan fingerprint density at radius 3 is 3.21 bits per heavy atom. The van der Waals surface area contributed by atoms with E-state index in [0.717, 1.165) is 25.5 Å².